The summed E-state index contributed by atoms with van der Waals surface area (Å²) in [6.45, 7) is 0.929. The first kappa shape index (κ1) is 24.1. The molecule has 0 bridgehead atoms. The van der Waals surface area contributed by atoms with Crippen LogP contribution < -0.4 is 10.6 Å². The van der Waals surface area contributed by atoms with Gasteiger partial charge in [0.05, 0.1) is 24.0 Å². The van der Waals surface area contributed by atoms with Crippen LogP contribution >= 0.6 is 0 Å². The van der Waals surface area contributed by atoms with E-state index in [0.29, 0.717) is 5.95 Å². The van der Waals surface area contributed by atoms with Crippen molar-refractivity contribution in [3.05, 3.63) is 65.9 Å². The lowest BCUT2D eigenvalue weighted by atomic mass is 10.0. The van der Waals surface area contributed by atoms with E-state index < -0.39 is 17.5 Å². The summed E-state index contributed by atoms with van der Waals surface area (Å²) in [7, 11) is 0. The van der Waals surface area contributed by atoms with Crippen molar-refractivity contribution < 1.29 is 22.5 Å². The van der Waals surface area contributed by atoms with Crippen LogP contribution in [0.4, 0.5) is 30.6 Å². The van der Waals surface area contributed by atoms with E-state index in [1.165, 1.54) is 5.69 Å². The number of benzene rings is 1. The van der Waals surface area contributed by atoms with Crippen molar-refractivity contribution in [1.29, 1.82) is 0 Å². The highest BCUT2D eigenvalue weighted by atomic mass is 19.4. The van der Waals surface area contributed by atoms with Crippen LogP contribution in [0.2, 0.25) is 0 Å². The van der Waals surface area contributed by atoms with E-state index in [1.54, 1.807) is 30.7 Å². The van der Waals surface area contributed by atoms with E-state index in [1.807, 2.05) is 16.8 Å². The van der Waals surface area contributed by atoms with E-state index in [2.05, 4.69) is 30.9 Å². The predicted molar refractivity (Wildman–Crippen MR) is 132 cm³/mol. The van der Waals surface area contributed by atoms with Gasteiger partial charge in [0, 0.05) is 30.6 Å². The molecular weight excluding hydrogens is 499 g/mol. The maximum atomic E-state index is 13.3. The molecule has 1 aromatic carbocycles. The number of fused-ring (bicyclic) bond motifs is 1. The molecule has 1 saturated carbocycles. The molecule has 1 aliphatic carbocycles. The fourth-order valence-electron chi connectivity index (χ4n) is 4.73. The number of carbonyl (C=O) groups excluding carboxylic acids is 1. The molecule has 38 heavy (non-hydrogen) atoms. The van der Waals surface area contributed by atoms with Gasteiger partial charge < -0.3 is 15.2 Å². The second-order valence-corrected chi connectivity index (χ2v) is 9.68. The van der Waals surface area contributed by atoms with Gasteiger partial charge in [-0.1, -0.05) is 29.4 Å². The Balaban J connectivity index is 1.05. The molecule has 0 atom stereocenters. The van der Waals surface area contributed by atoms with Gasteiger partial charge in [-0.05, 0) is 43.2 Å². The first-order chi connectivity index (χ1) is 18.3. The van der Waals surface area contributed by atoms with Gasteiger partial charge in [-0.2, -0.15) is 18.3 Å². The quantitative estimate of drug-likeness (QED) is 0.343. The summed E-state index contributed by atoms with van der Waals surface area (Å²) < 4.78 is 46.7. The number of anilines is 3. The highest BCUT2D eigenvalue weighted by Crippen LogP contribution is 2.59. The molecule has 1 fully saturated rings. The molecule has 4 heterocycles. The molecule has 6 rings (SSSR count). The van der Waals surface area contributed by atoms with Crippen molar-refractivity contribution in [2.24, 2.45) is 0 Å². The predicted octanol–water partition coefficient (Wildman–Crippen LogP) is 5.18. The minimum atomic E-state index is -4.41. The van der Waals surface area contributed by atoms with Crippen LogP contribution in [0.5, 0.6) is 0 Å². The number of carbonyl (C=O) groups is 1. The van der Waals surface area contributed by atoms with E-state index >= 15 is 0 Å². The van der Waals surface area contributed by atoms with Crippen molar-refractivity contribution in [1.82, 2.24) is 24.9 Å². The van der Waals surface area contributed by atoms with Gasteiger partial charge >= 0.3 is 6.18 Å². The van der Waals surface area contributed by atoms with Gasteiger partial charge in [0.15, 0.2) is 11.6 Å². The van der Waals surface area contributed by atoms with Gasteiger partial charge in [0.2, 0.25) is 11.9 Å². The van der Waals surface area contributed by atoms with Gasteiger partial charge in [0.25, 0.3) is 0 Å². The molecule has 1 aliphatic heterocycles. The molecule has 1 amide bonds. The summed E-state index contributed by atoms with van der Waals surface area (Å²) in [4.78, 5) is 21.3. The Hall–Kier alpha value is -4.22. The zero-order chi connectivity index (χ0) is 26.3. The Bertz CT molecular complexity index is 1460. The van der Waals surface area contributed by atoms with Crippen LogP contribution in [0.1, 0.15) is 42.7 Å². The molecule has 0 saturated heterocycles. The molecule has 9 nitrogen and oxygen atoms in total. The second-order valence-electron chi connectivity index (χ2n) is 9.68. The topological polar surface area (TPSA) is 111 Å². The Morgan fingerprint density at radius 1 is 1.05 bits per heavy atom. The molecule has 12 heteroatoms. The fourth-order valence-corrected chi connectivity index (χ4v) is 4.73. The zero-order valence-corrected chi connectivity index (χ0v) is 20.3. The van der Waals surface area contributed by atoms with Gasteiger partial charge in [-0.3, -0.25) is 9.48 Å². The lowest BCUT2D eigenvalue weighted by molar-refractivity contribution is -0.165. The van der Waals surface area contributed by atoms with Crippen LogP contribution in [0.3, 0.4) is 0 Å². The highest BCUT2D eigenvalue weighted by Gasteiger charge is 2.66. The molecule has 2 N–H and O–H groups in total. The number of nitrogens with one attached hydrogen (secondary N) is 2. The van der Waals surface area contributed by atoms with E-state index in [9.17, 15) is 18.0 Å². The largest absolute Gasteiger partial charge is 0.401 e. The molecular formula is C26H24F3N7O2. The number of aryl methyl sites for hydroxylation is 1. The van der Waals surface area contributed by atoms with E-state index in [4.69, 9.17) is 4.52 Å². The minimum Gasteiger partial charge on any atom is -0.358 e. The monoisotopic (exact) mass is 523 g/mol. The maximum absolute atomic E-state index is 13.3. The Morgan fingerprint density at radius 3 is 2.53 bits per heavy atom. The second kappa shape index (κ2) is 9.26. The van der Waals surface area contributed by atoms with Gasteiger partial charge in [-0.15, -0.1) is 0 Å². The third-order valence-corrected chi connectivity index (χ3v) is 7.07. The smallest absolute Gasteiger partial charge is 0.358 e. The molecule has 196 valence electrons. The summed E-state index contributed by atoms with van der Waals surface area (Å²) in [5, 5.41) is 13.8. The molecule has 0 radical (unpaired) electrons. The SMILES string of the molecule is O=C(Cc1ccc(-c2cnc(Nc3cnn4c3CCCC4)nc2)cc1)Nc1cc(C2(C(F)(F)F)CC2)on1. The standard InChI is InChI=1S/C26H24F3N7O2/c27-26(28,29)25(8-9-25)21-12-22(35-38-21)34-23(37)11-16-4-6-17(7-5-16)18-13-30-24(31-14-18)33-19-15-32-36-10-2-1-3-20(19)36/h4-7,12-15H,1-3,8-11H2,(H,30,31,33)(H,34,35,37). The average Bonchev–Trinajstić information content (AvgIpc) is 3.46. The third kappa shape index (κ3) is 4.61. The highest BCUT2D eigenvalue weighted by molar-refractivity contribution is 5.91. The lowest BCUT2D eigenvalue weighted by Gasteiger charge is -2.14. The van der Waals surface area contributed by atoms with Gasteiger partial charge in [0.1, 0.15) is 5.41 Å². The average molecular weight is 524 g/mol. The molecule has 0 unspecified atom stereocenters. The number of alkyl halides is 3. The van der Waals surface area contributed by atoms with Crippen LogP contribution in [0.25, 0.3) is 11.1 Å². The van der Waals surface area contributed by atoms with Crippen molar-refractivity contribution in [3.8, 4) is 11.1 Å². The molecule has 2 aliphatic rings. The number of hydrogen-bond acceptors (Lipinski definition) is 7. The Morgan fingerprint density at radius 2 is 1.82 bits per heavy atom. The number of hydrogen-bond donors (Lipinski definition) is 2. The van der Waals surface area contributed by atoms with E-state index in [-0.39, 0.29) is 30.8 Å². The molecule has 3 aromatic heterocycles. The number of amides is 1. The van der Waals surface area contributed by atoms with E-state index in [0.717, 1.165) is 54.3 Å². The Kier molecular flexibility index (Phi) is 5.88. The van der Waals surface area contributed by atoms with Crippen LogP contribution in [0, 0.1) is 0 Å². The summed E-state index contributed by atoms with van der Waals surface area (Å²) in [6.07, 6.45) is 4.05. The Labute approximate surface area is 215 Å². The van der Waals surface area contributed by atoms with Crippen molar-refractivity contribution >= 4 is 23.4 Å². The third-order valence-electron chi connectivity index (χ3n) is 7.07. The number of nitrogens with zero attached hydrogens (tertiary/aromatic N) is 5. The first-order valence-corrected chi connectivity index (χ1v) is 12.4. The summed E-state index contributed by atoms with van der Waals surface area (Å²) >= 11 is 0. The van der Waals surface area contributed by atoms with Crippen molar-refractivity contribution in [2.45, 2.75) is 56.7 Å². The summed E-state index contributed by atoms with van der Waals surface area (Å²) in [5.41, 5.74) is 2.55. The summed E-state index contributed by atoms with van der Waals surface area (Å²) in [6, 6.07) is 8.48. The minimum absolute atomic E-state index is 0.0281. The number of rotatable bonds is 7. The normalized spacial score (nSPS) is 16.1. The van der Waals surface area contributed by atoms with Crippen LogP contribution in [0.15, 0.2) is 53.4 Å². The molecule has 4 aromatic rings. The zero-order valence-electron chi connectivity index (χ0n) is 20.3. The van der Waals surface area contributed by atoms with Crippen LogP contribution in [-0.4, -0.2) is 37.0 Å². The lowest BCUT2D eigenvalue weighted by Crippen LogP contribution is -2.28. The fraction of sp³-hybridized carbons (Fsp3) is 0.346. The van der Waals surface area contributed by atoms with Crippen LogP contribution in [-0.2, 0) is 29.6 Å². The van der Waals surface area contributed by atoms with Crippen molar-refractivity contribution in [2.75, 3.05) is 10.6 Å². The first-order valence-electron chi connectivity index (χ1n) is 12.4. The number of aromatic nitrogens is 5. The van der Waals surface area contributed by atoms with Crippen molar-refractivity contribution in [3.63, 3.8) is 0 Å². The summed E-state index contributed by atoms with van der Waals surface area (Å²) in [5.74, 6) is -0.213. The maximum Gasteiger partial charge on any atom is 0.401 e. The van der Waals surface area contributed by atoms with Gasteiger partial charge in [-0.25, -0.2) is 9.97 Å². The molecule has 0 spiro atoms. The number of halogens is 3.